The van der Waals surface area contributed by atoms with E-state index in [-0.39, 0.29) is 12.0 Å². The van der Waals surface area contributed by atoms with Crippen molar-refractivity contribution in [2.45, 2.75) is 10.8 Å². The molecule has 0 amide bonds. The van der Waals surface area contributed by atoms with Crippen LogP contribution in [0.3, 0.4) is 0 Å². The van der Waals surface area contributed by atoms with E-state index in [4.69, 9.17) is 39.9 Å². The molecule has 5 heteroatoms. The van der Waals surface area contributed by atoms with E-state index in [9.17, 15) is 4.79 Å². The van der Waals surface area contributed by atoms with Crippen molar-refractivity contribution < 1.29 is 9.90 Å². The van der Waals surface area contributed by atoms with Crippen LogP contribution in [0.25, 0.3) is 0 Å². The first-order chi connectivity index (χ1) is 5.45. The molecule has 0 bridgehead atoms. The van der Waals surface area contributed by atoms with Gasteiger partial charge in [0.15, 0.2) is 4.33 Å². The Hall–Kier alpha value is -0.180. The number of aliphatic carboxylic acids is 1. The molecule has 0 spiro atoms. The SMILES string of the molecule is C=CCC(Cl)(Cl)C(=CCl)C(=O)O. The Labute approximate surface area is 85.4 Å². The summed E-state index contributed by atoms with van der Waals surface area (Å²) in [7, 11) is 0. The zero-order chi connectivity index (χ0) is 9.78. The van der Waals surface area contributed by atoms with Gasteiger partial charge in [-0.1, -0.05) is 40.9 Å². The lowest BCUT2D eigenvalue weighted by atomic mass is 10.1. The minimum atomic E-state index is -1.50. The summed E-state index contributed by atoms with van der Waals surface area (Å²) in [6.45, 7) is 3.39. The fraction of sp³-hybridized carbons (Fsp3) is 0.286. The summed E-state index contributed by atoms with van der Waals surface area (Å²) in [5.41, 5.74) is 0.596. The van der Waals surface area contributed by atoms with E-state index in [0.717, 1.165) is 5.54 Å². The summed E-state index contributed by atoms with van der Waals surface area (Å²) in [5.74, 6) is -1.24. The second-order valence-electron chi connectivity index (χ2n) is 2.03. The summed E-state index contributed by atoms with van der Waals surface area (Å²) < 4.78 is -1.50. The Morgan fingerprint density at radius 2 is 2.08 bits per heavy atom. The number of hydrogen-bond donors (Lipinski definition) is 1. The van der Waals surface area contributed by atoms with Gasteiger partial charge >= 0.3 is 5.97 Å². The first-order valence-corrected chi connectivity index (χ1v) is 4.18. The van der Waals surface area contributed by atoms with E-state index in [1.807, 2.05) is 0 Å². The van der Waals surface area contributed by atoms with E-state index in [0.29, 0.717) is 0 Å². The van der Waals surface area contributed by atoms with Gasteiger partial charge in [0, 0.05) is 12.0 Å². The van der Waals surface area contributed by atoms with Gasteiger partial charge in [0.05, 0.1) is 5.57 Å². The molecule has 0 aromatic rings. The van der Waals surface area contributed by atoms with Crippen molar-refractivity contribution in [2.24, 2.45) is 0 Å². The first-order valence-electron chi connectivity index (χ1n) is 2.98. The highest BCUT2D eigenvalue weighted by molar-refractivity contribution is 6.53. The predicted molar refractivity (Wildman–Crippen MR) is 50.8 cm³/mol. The number of carboxylic acids is 1. The summed E-state index contributed by atoms with van der Waals surface area (Å²) in [5, 5.41) is 8.58. The maximum atomic E-state index is 10.5. The Balaban J connectivity index is 4.72. The van der Waals surface area contributed by atoms with Crippen molar-refractivity contribution in [1.82, 2.24) is 0 Å². The zero-order valence-corrected chi connectivity index (χ0v) is 8.33. The Kier molecular flexibility index (Phi) is 4.68. The highest BCUT2D eigenvalue weighted by Crippen LogP contribution is 2.34. The molecule has 0 radical (unpaired) electrons. The Morgan fingerprint density at radius 1 is 1.58 bits per heavy atom. The average Bonchev–Trinajstić information content (AvgIpc) is 1.86. The molecule has 0 saturated carbocycles. The maximum Gasteiger partial charge on any atom is 0.335 e. The van der Waals surface area contributed by atoms with Crippen molar-refractivity contribution in [1.29, 1.82) is 0 Å². The van der Waals surface area contributed by atoms with Gasteiger partial charge in [0.25, 0.3) is 0 Å². The van der Waals surface area contributed by atoms with Gasteiger partial charge in [-0.15, -0.1) is 6.58 Å². The quantitative estimate of drug-likeness (QED) is 0.457. The molecule has 0 atom stereocenters. The molecular formula is C7H7Cl3O2. The third kappa shape index (κ3) is 3.05. The first kappa shape index (κ1) is 11.8. The van der Waals surface area contributed by atoms with Gasteiger partial charge in [-0.3, -0.25) is 0 Å². The lowest BCUT2D eigenvalue weighted by Gasteiger charge is -2.17. The van der Waals surface area contributed by atoms with Gasteiger partial charge in [0.2, 0.25) is 0 Å². The van der Waals surface area contributed by atoms with Crippen molar-refractivity contribution in [3.8, 4) is 0 Å². The fourth-order valence-electron chi connectivity index (χ4n) is 0.574. The lowest BCUT2D eigenvalue weighted by molar-refractivity contribution is -0.132. The van der Waals surface area contributed by atoms with Crippen LogP contribution in [0.5, 0.6) is 0 Å². The molecule has 0 aliphatic heterocycles. The number of halogens is 3. The smallest absolute Gasteiger partial charge is 0.335 e. The van der Waals surface area contributed by atoms with Crippen LogP contribution in [0.2, 0.25) is 0 Å². The van der Waals surface area contributed by atoms with E-state index in [1.54, 1.807) is 0 Å². The molecular weight excluding hydrogens is 222 g/mol. The summed E-state index contributed by atoms with van der Waals surface area (Å²) in [4.78, 5) is 10.5. The number of rotatable bonds is 4. The Bertz CT molecular complexity index is 221. The third-order valence-electron chi connectivity index (χ3n) is 1.13. The second-order valence-corrected chi connectivity index (χ2v) is 3.73. The molecule has 0 heterocycles. The standard InChI is InChI=1S/C7H7Cl3O2/c1-2-3-7(9,10)5(4-8)6(11)12/h2,4H,1,3H2,(H,11,12). The molecule has 2 nitrogen and oxygen atoms in total. The fourth-order valence-corrected chi connectivity index (χ4v) is 1.45. The van der Waals surface area contributed by atoms with Crippen LogP contribution in [-0.2, 0) is 4.79 Å². The molecule has 1 N–H and O–H groups in total. The van der Waals surface area contributed by atoms with Crippen molar-refractivity contribution in [3.63, 3.8) is 0 Å². The van der Waals surface area contributed by atoms with Crippen LogP contribution in [0.15, 0.2) is 23.8 Å². The highest BCUT2D eigenvalue weighted by atomic mass is 35.5. The van der Waals surface area contributed by atoms with Crippen LogP contribution in [0.4, 0.5) is 0 Å². The topological polar surface area (TPSA) is 37.3 Å². The zero-order valence-electron chi connectivity index (χ0n) is 6.06. The molecule has 0 fully saturated rings. The third-order valence-corrected chi connectivity index (χ3v) is 2.07. The van der Waals surface area contributed by atoms with Gasteiger partial charge < -0.3 is 5.11 Å². The number of carboxylic acid groups (broad SMARTS) is 1. The predicted octanol–water partition coefficient (Wildman–Crippen LogP) is 2.94. The van der Waals surface area contributed by atoms with Gasteiger partial charge in [-0.25, -0.2) is 4.79 Å². The molecule has 0 rings (SSSR count). The molecule has 0 aliphatic rings. The molecule has 0 saturated heterocycles. The van der Waals surface area contributed by atoms with Crippen LogP contribution < -0.4 is 0 Å². The molecule has 0 aromatic carbocycles. The van der Waals surface area contributed by atoms with E-state index in [1.165, 1.54) is 6.08 Å². The Morgan fingerprint density at radius 3 is 2.33 bits per heavy atom. The van der Waals surface area contributed by atoms with Gasteiger partial charge in [-0.2, -0.15) is 0 Å². The van der Waals surface area contributed by atoms with Gasteiger partial charge in [0.1, 0.15) is 0 Å². The van der Waals surface area contributed by atoms with Gasteiger partial charge in [-0.05, 0) is 0 Å². The van der Waals surface area contributed by atoms with Crippen molar-refractivity contribution >= 4 is 40.8 Å². The molecule has 0 aliphatic carbocycles. The van der Waals surface area contributed by atoms with Crippen LogP contribution in [0.1, 0.15) is 6.42 Å². The number of carbonyl (C=O) groups is 1. The summed E-state index contributed by atoms with van der Waals surface area (Å²) >= 11 is 16.6. The van der Waals surface area contributed by atoms with E-state index < -0.39 is 10.3 Å². The van der Waals surface area contributed by atoms with Crippen LogP contribution >= 0.6 is 34.8 Å². The monoisotopic (exact) mass is 228 g/mol. The summed E-state index contributed by atoms with van der Waals surface area (Å²) in [6, 6.07) is 0. The molecule has 0 aromatic heterocycles. The van der Waals surface area contributed by atoms with Crippen molar-refractivity contribution in [3.05, 3.63) is 23.8 Å². The largest absolute Gasteiger partial charge is 0.478 e. The number of hydrogen-bond acceptors (Lipinski definition) is 1. The van der Waals surface area contributed by atoms with E-state index >= 15 is 0 Å². The second kappa shape index (κ2) is 4.75. The lowest BCUT2D eigenvalue weighted by Crippen LogP contribution is -2.21. The van der Waals surface area contributed by atoms with Crippen molar-refractivity contribution in [2.75, 3.05) is 0 Å². The maximum absolute atomic E-state index is 10.5. The highest BCUT2D eigenvalue weighted by Gasteiger charge is 2.32. The average molecular weight is 229 g/mol. The van der Waals surface area contributed by atoms with Crippen LogP contribution in [0, 0.1) is 0 Å². The molecule has 68 valence electrons. The molecule has 0 unspecified atom stereocenters. The number of allylic oxidation sites excluding steroid dienone is 1. The summed E-state index contributed by atoms with van der Waals surface area (Å²) in [6.07, 6.45) is 1.55. The van der Waals surface area contributed by atoms with E-state index in [2.05, 4.69) is 6.58 Å². The minimum Gasteiger partial charge on any atom is -0.478 e. The number of alkyl halides is 2. The van der Waals surface area contributed by atoms with Crippen LogP contribution in [-0.4, -0.2) is 15.4 Å². The normalized spacial score (nSPS) is 12.8. The molecule has 12 heavy (non-hydrogen) atoms. The minimum absolute atomic E-state index is 0.126.